The van der Waals surface area contributed by atoms with Crippen molar-refractivity contribution in [1.29, 1.82) is 0 Å². The number of rotatable bonds is 4. The van der Waals surface area contributed by atoms with Crippen molar-refractivity contribution in [2.45, 2.75) is 25.8 Å². The number of likely N-dealkylation sites (tertiary alicyclic amines) is 1. The van der Waals surface area contributed by atoms with Crippen molar-refractivity contribution in [3.05, 3.63) is 42.6 Å². The summed E-state index contributed by atoms with van der Waals surface area (Å²) in [7, 11) is 0. The Morgan fingerprint density at radius 3 is 2.96 bits per heavy atom. The van der Waals surface area contributed by atoms with E-state index >= 15 is 0 Å². The minimum atomic E-state index is 0.0866. The van der Waals surface area contributed by atoms with E-state index in [1.54, 1.807) is 12.4 Å². The molecule has 144 valence electrons. The molecule has 0 N–H and O–H groups in total. The first kappa shape index (κ1) is 18.0. The van der Waals surface area contributed by atoms with Gasteiger partial charge in [-0.15, -0.1) is 0 Å². The highest BCUT2D eigenvalue weighted by Gasteiger charge is 2.25. The first-order valence-corrected chi connectivity index (χ1v) is 9.83. The highest BCUT2D eigenvalue weighted by molar-refractivity contribution is 5.94. The second kappa shape index (κ2) is 8.52. The van der Waals surface area contributed by atoms with Gasteiger partial charge >= 0.3 is 0 Å². The van der Waals surface area contributed by atoms with E-state index in [-0.39, 0.29) is 5.91 Å². The number of amides is 1. The van der Waals surface area contributed by atoms with Crippen LogP contribution >= 0.6 is 0 Å². The van der Waals surface area contributed by atoms with Crippen molar-refractivity contribution in [3.8, 4) is 0 Å². The Morgan fingerprint density at radius 2 is 2.15 bits per heavy atom. The number of pyridine rings is 1. The van der Waals surface area contributed by atoms with Gasteiger partial charge < -0.3 is 19.1 Å². The number of ether oxygens (including phenoxy) is 1. The van der Waals surface area contributed by atoms with Crippen molar-refractivity contribution in [2.24, 2.45) is 5.92 Å². The fourth-order valence-electron chi connectivity index (χ4n) is 3.95. The van der Waals surface area contributed by atoms with Crippen LogP contribution in [0.4, 0.5) is 5.82 Å². The van der Waals surface area contributed by atoms with Crippen LogP contribution in [0, 0.1) is 5.92 Å². The molecule has 1 atom stereocenters. The zero-order chi connectivity index (χ0) is 18.5. The normalized spacial score (nSPS) is 21.1. The number of anilines is 1. The Morgan fingerprint density at radius 1 is 1.19 bits per heavy atom. The minimum absolute atomic E-state index is 0.0866. The molecule has 2 fully saturated rings. The van der Waals surface area contributed by atoms with Crippen molar-refractivity contribution < 1.29 is 9.53 Å². The van der Waals surface area contributed by atoms with Crippen molar-refractivity contribution in [3.63, 3.8) is 0 Å². The van der Waals surface area contributed by atoms with Crippen LogP contribution in [0.2, 0.25) is 0 Å². The van der Waals surface area contributed by atoms with Gasteiger partial charge in [-0.05, 0) is 37.3 Å². The molecule has 0 bridgehead atoms. The average Bonchev–Trinajstić information content (AvgIpc) is 3.07. The van der Waals surface area contributed by atoms with Crippen LogP contribution in [0.1, 0.15) is 29.6 Å². The first-order valence-electron chi connectivity index (χ1n) is 9.83. The van der Waals surface area contributed by atoms with E-state index in [1.165, 1.54) is 0 Å². The number of hydrogen-bond acceptors (Lipinski definition) is 5. The number of hydrogen-bond donors (Lipinski definition) is 0. The molecular weight excluding hydrogens is 342 g/mol. The lowest BCUT2D eigenvalue weighted by molar-refractivity contribution is 0.0662. The maximum atomic E-state index is 12.9. The Hall–Kier alpha value is -2.41. The summed E-state index contributed by atoms with van der Waals surface area (Å²) < 4.78 is 7.60. The van der Waals surface area contributed by atoms with Gasteiger partial charge in [0.1, 0.15) is 5.82 Å². The van der Waals surface area contributed by atoms with Gasteiger partial charge in [-0.2, -0.15) is 0 Å². The molecule has 0 unspecified atom stereocenters. The van der Waals surface area contributed by atoms with Gasteiger partial charge in [0.05, 0.1) is 18.5 Å². The van der Waals surface area contributed by atoms with Gasteiger partial charge in [-0.1, -0.05) is 0 Å². The molecule has 0 spiro atoms. The van der Waals surface area contributed by atoms with E-state index < -0.39 is 0 Å². The Bertz CT molecular complexity index is 723. The Balaban J connectivity index is 1.38. The third-order valence-electron chi connectivity index (χ3n) is 5.38. The van der Waals surface area contributed by atoms with Crippen molar-refractivity contribution >= 4 is 11.7 Å². The number of carbonyl (C=O) groups excluding carboxylic acids is 1. The van der Waals surface area contributed by atoms with Crippen LogP contribution in [-0.2, 0) is 11.3 Å². The van der Waals surface area contributed by atoms with E-state index in [2.05, 4.69) is 19.4 Å². The molecule has 2 aliphatic heterocycles. The van der Waals surface area contributed by atoms with Crippen LogP contribution in [0.25, 0.3) is 0 Å². The summed E-state index contributed by atoms with van der Waals surface area (Å²) in [6, 6.07) is 3.88. The van der Waals surface area contributed by atoms with E-state index in [0.29, 0.717) is 11.5 Å². The van der Waals surface area contributed by atoms with Crippen LogP contribution in [0.5, 0.6) is 0 Å². The summed E-state index contributed by atoms with van der Waals surface area (Å²) in [5.74, 6) is 1.48. The molecule has 27 heavy (non-hydrogen) atoms. The number of nitrogens with zero attached hydrogens (tertiary/aromatic N) is 5. The SMILES string of the molecule is O=C(c1ccc(N2CCCOCC2)nc1)N1CCC[C@@H](Cn2ccnc2)C1. The fraction of sp³-hybridized carbons (Fsp3) is 0.550. The molecule has 2 aromatic rings. The molecule has 1 amide bonds. The predicted octanol–water partition coefficient (Wildman–Crippen LogP) is 2.06. The molecule has 2 saturated heterocycles. The Kier molecular flexibility index (Phi) is 5.67. The molecule has 0 radical (unpaired) electrons. The number of imidazole rings is 1. The summed E-state index contributed by atoms with van der Waals surface area (Å²) in [5, 5.41) is 0. The average molecular weight is 369 g/mol. The quantitative estimate of drug-likeness (QED) is 0.825. The monoisotopic (exact) mass is 369 g/mol. The highest BCUT2D eigenvalue weighted by atomic mass is 16.5. The number of piperidine rings is 1. The summed E-state index contributed by atoms with van der Waals surface area (Å²) in [4.78, 5) is 25.8. The number of carbonyl (C=O) groups is 1. The third-order valence-corrected chi connectivity index (χ3v) is 5.38. The third kappa shape index (κ3) is 4.47. The van der Waals surface area contributed by atoms with E-state index in [0.717, 1.165) is 71.0 Å². The molecule has 2 aromatic heterocycles. The molecule has 0 aromatic carbocycles. The highest BCUT2D eigenvalue weighted by Crippen LogP contribution is 2.21. The minimum Gasteiger partial charge on any atom is -0.380 e. The van der Waals surface area contributed by atoms with E-state index in [1.807, 2.05) is 29.6 Å². The molecule has 0 aliphatic carbocycles. The summed E-state index contributed by atoms with van der Waals surface area (Å²) in [6.07, 6.45) is 10.6. The lowest BCUT2D eigenvalue weighted by Gasteiger charge is -2.33. The molecule has 2 aliphatic rings. The van der Waals surface area contributed by atoms with E-state index in [9.17, 15) is 4.79 Å². The van der Waals surface area contributed by atoms with Crippen molar-refractivity contribution in [2.75, 3.05) is 44.3 Å². The Labute approximate surface area is 160 Å². The second-order valence-corrected chi connectivity index (χ2v) is 7.38. The molecular formula is C20H27N5O2. The maximum Gasteiger partial charge on any atom is 0.255 e. The molecule has 7 nitrogen and oxygen atoms in total. The van der Waals surface area contributed by atoms with Crippen LogP contribution in [0.3, 0.4) is 0 Å². The summed E-state index contributed by atoms with van der Waals surface area (Å²) in [6.45, 7) is 5.87. The lowest BCUT2D eigenvalue weighted by atomic mass is 9.97. The zero-order valence-corrected chi connectivity index (χ0v) is 15.7. The topological polar surface area (TPSA) is 63.5 Å². The van der Waals surface area contributed by atoms with Crippen LogP contribution in [-0.4, -0.2) is 64.7 Å². The van der Waals surface area contributed by atoms with E-state index in [4.69, 9.17) is 4.74 Å². The predicted molar refractivity (Wildman–Crippen MR) is 103 cm³/mol. The lowest BCUT2D eigenvalue weighted by Crippen LogP contribution is -2.41. The summed E-state index contributed by atoms with van der Waals surface area (Å²) >= 11 is 0. The van der Waals surface area contributed by atoms with Gasteiger partial charge in [-0.3, -0.25) is 4.79 Å². The van der Waals surface area contributed by atoms with Crippen LogP contribution in [0.15, 0.2) is 37.1 Å². The molecule has 4 rings (SSSR count). The number of aromatic nitrogens is 3. The fourth-order valence-corrected chi connectivity index (χ4v) is 3.95. The smallest absolute Gasteiger partial charge is 0.255 e. The van der Waals surface area contributed by atoms with Gasteiger partial charge in [0.2, 0.25) is 0 Å². The van der Waals surface area contributed by atoms with Crippen molar-refractivity contribution in [1.82, 2.24) is 19.4 Å². The van der Waals surface area contributed by atoms with Gasteiger partial charge in [-0.25, -0.2) is 9.97 Å². The second-order valence-electron chi connectivity index (χ2n) is 7.38. The largest absolute Gasteiger partial charge is 0.380 e. The maximum absolute atomic E-state index is 12.9. The molecule has 0 saturated carbocycles. The molecule has 4 heterocycles. The first-order chi connectivity index (χ1) is 13.3. The van der Waals surface area contributed by atoms with Gasteiger partial charge in [0, 0.05) is 57.9 Å². The van der Waals surface area contributed by atoms with Gasteiger partial charge in [0.25, 0.3) is 5.91 Å². The molecule has 7 heteroatoms. The van der Waals surface area contributed by atoms with Crippen LogP contribution < -0.4 is 4.90 Å². The summed E-state index contributed by atoms with van der Waals surface area (Å²) in [5.41, 5.74) is 0.674. The standard InChI is InChI=1S/C20H27N5O2/c26-20(25-7-1-3-17(15-25)14-23-9-6-21-16-23)18-4-5-19(22-13-18)24-8-2-11-27-12-10-24/h4-6,9,13,16-17H,1-3,7-8,10-12,14-15H2/t17-/m0/s1. The zero-order valence-electron chi connectivity index (χ0n) is 15.7. The van der Waals surface area contributed by atoms with Gasteiger partial charge in [0.15, 0.2) is 0 Å².